The molecule has 2 heterocycles. The zero-order valence-electron chi connectivity index (χ0n) is 16.6. The van der Waals surface area contributed by atoms with Crippen LogP contribution in [-0.2, 0) is 14.3 Å². The van der Waals surface area contributed by atoms with E-state index in [1.54, 1.807) is 32.0 Å². The molecule has 0 spiro atoms. The van der Waals surface area contributed by atoms with E-state index in [0.29, 0.717) is 41.7 Å². The van der Waals surface area contributed by atoms with Gasteiger partial charge >= 0.3 is 11.9 Å². The third kappa shape index (κ3) is 4.18. The van der Waals surface area contributed by atoms with Crippen LogP contribution in [0, 0.1) is 13.8 Å². The number of anilines is 1. The van der Waals surface area contributed by atoms with E-state index in [1.165, 1.54) is 14.0 Å². The van der Waals surface area contributed by atoms with Crippen LogP contribution in [0.25, 0.3) is 0 Å². The number of fused-ring (bicyclic) bond motifs is 1. The maximum Gasteiger partial charge on any atom is 0.355 e. The molecule has 1 atom stereocenters. The van der Waals surface area contributed by atoms with Crippen LogP contribution in [0.4, 0.5) is 5.69 Å². The van der Waals surface area contributed by atoms with Gasteiger partial charge in [-0.1, -0.05) is 0 Å². The maximum absolute atomic E-state index is 12.5. The van der Waals surface area contributed by atoms with Crippen molar-refractivity contribution < 1.29 is 33.3 Å². The molecule has 154 valence electrons. The fraction of sp³-hybridized carbons (Fsp3) is 0.350. The molecule has 0 fully saturated rings. The summed E-state index contributed by atoms with van der Waals surface area (Å²) in [5.41, 5.74) is 1.74. The highest BCUT2D eigenvalue weighted by molar-refractivity contribution is 6.00. The van der Waals surface area contributed by atoms with E-state index in [2.05, 4.69) is 10.3 Å². The Morgan fingerprint density at radius 1 is 1.10 bits per heavy atom. The van der Waals surface area contributed by atoms with Gasteiger partial charge in [0.15, 0.2) is 17.6 Å². The number of aryl methyl sites for hydroxylation is 1. The summed E-state index contributed by atoms with van der Waals surface area (Å²) in [4.78, 5) is 39.6. The largest absolute Gasteiger partial charge is 0.486 e. The number of carbonyl (C=O) groups is 3. The molecule has 2 aromatic rings. The SMILES string of the molecule is COC(=O)c1c(C)[nH]c(C(=O)OC(C)C(=O)Nc2ccc3c(c2)OCCO3)c1C. The van der Waals surface area contributed by atoms with Crippen molar-refractivity contribution in [3.63, 3.8) is 0 Å². The van der Waals surface area contributed by atoms with E-state index >= 15 is 0 Å². The first-order valence-corrected chi connectivity index (χ1v) is 9.00. The first-order valence-electron chi connectivity index (χ1n) is 9.00. The van der Waals surface area contributed by atoms with E-state index in [9.17, 15) is 14.4 Å². The van der Waals surface area contributed by atoms with Crippen molar-refractivity contribution in [1.29, 1.82) is 0 Å². The summed E-state index contributed by atoms with van der Waals surface area (Å²) in [6.07, 6.45) is -1.07. The Morgan fingerprint density at radius 3 is 2.48 bits per heavy atom. The number of rotatable bonds is 5. The standard InChI is InChI=1S/C20H22N2O7/c1-10-16(19(24)26-4)11(2)21-17(10)20(25)29-12(3)18(23)22-13-5-6-14-15(9-13)28-8-7-27-14/h5-6,9,12,21H,7-8H2,1-4H3,(H,22,23). The molecule has 29 heavy (non-hydrogen) atoms. The van der Waals surface area contributed by atoms with Crippen molar-refractivity contribution in [2.45, 2.75) is 26.9 Å². The molecule has 9 heteroatoms. The molecule has 0 saturated carbocycles. The van der Waals surface area contributed by atoms with Crippen LogP contribution >= 0.6 is 0 Å². The number of amides is 1. The number of hydrogen-bond donors (Lipinski definition) is 2. The van der Waals surface area contributed by atoms with E-state index in [0.717, 1.165) is 0 Å². The molecular weight excluding hydrogens is 380 g/mol. The van der Waals surface area contributed by atoms with Crippen molar-refractivity contribution in [3.05, 3.63) is 40.7 Å². The molecule has 1 aromatic heterocycles. The Labute approximate surface area is 167 Å². The molecule has 1 aliphatic rings. The van der Waals surface area contributed by atoms with Gasteiger partial charge in [0, 0.05) is 17.4 Å². The summed E-state index contributed by atoms with van der Waals surface area (Å²) in [6.45, 7) is 5.61. The van der Waals surface area contributed by atoms with Crippen molar-refractivity contribution in [3.8, 4) is 11.5 Å². The fourth-order valence-electron chi connectivity index (χ4n) is 3.00. The first-order chi connectivity index (χ1) is 13.8. The van der Waals surface area contributed by atoms with Gasteiger partial charge in [-0.05, 0) is 38.5 Å². The van der Waals surface area contributed by atoms with Gasteiger partial charge in [-0.2, -0.15) is 0 Å². The molecular formula is C20H22N2O7. The van der Waals surface area contributed by atoms with Crippen LogP contribution in [0.5, 0.6) is 11.5 Å². The molecule has 3 rings (SSSR count). The second kappa shape index (κ2) is 8.26. The van der Waals surface area contributed by atoms with Crippen molar-refractivity contribution in [2.24, 2.45) is 0 Å². The Kier molecular flexibility index (Phi) is 5.76. The molecule has 1 amide bonds. The molecule has 2 N–H and O–H groups in total. The quantitative estimate of drug-likeness (QED) is 0.738. The highest BCUT2D eigenvalue weighted by Gasteiger charge is 2.26. The first kappa shape index (κ1) is 20.2. The zero-order chi connectivity index (χ0) is 21.1. The lowest BCUT2D eigenvalue weighted by atomic mass is 10.1. The van der Waals surface area contributed by atoms with Crippen LogP contribution in [0.1, 0.15) is 39.0 Å². The monoisotopic (exact) mass is 402 g/mol. The predicted molar refractivity (Wildman–Crippen MR) is 103 cm³/mol. The molecule has 0 saturated heterocycles. The summed E-state index contributed by atoms with van der Waals surface area (Å²) in [5.74, 6) is -0.673. The topological polar surface area (TPSA) is 116 Å². The number of methoxy groups -OCH3 is 1. The molecule has 1 aliphatic heterocycles. The molecule has 0 bridgehead atoms. The van der Waals surface area contributed by atoms with Crippen LogP contribution in [-0.4, -0.2) is 49.3 Å². The number of nitrogens with one attached hydrogen (secondary N) is 2. The molecule has 0 radical (unpaired) electrons. The lowest BCUT2D eigenvalue weighted by molar-refractivity contribution is -0.123. The van der Waals surface area contributed by atoms with Crippen LogP contribution < -0.4 is 14.8 Å². The summed E-state index contributed by atoms with van der Waals surface area (Å²) in [7, 11) is 1.26. The van der Waals surface area contributed by atoms with Gasteiger partial charge in [-0.25, -0.2) is 9.59 Å². The molecule has 1 aromatic carbocycles. The average Bonchev–Trinajstić information content (AvgIpc) is 3.01. The third-order valence-electron chi connectivity index (χ3n) is 4.49. The zero-order valence-corrected chi connectivity index (χ0v) is 16.6. The van der Waals surface area contributed by atoms with E-state index in [4.69, 9.17) is 18.9 Å². The Bertz CT molecular complexity index is 964. The highest BCUT2D eigenvalue weighted by Crippen LogP contribution is 2.32. The van der Waals surface area contributed by atoms with Gasteiger partial charge in [0.05, 0.1) is 12.7 Å². The van der Waals surface area contributed by atoms with E-state index in [-0.39, 0.29) is 11.3 Å². The second-order valence-electron chi connectivity index (χ2n) is 6.51. The lowest BCUT2D eigenvalue weighted by Crippen LogP contribution is -2.30. The fourth-order valence-corrected chi connectivity index (χ4v) is 3.00. The van der Waals surface area contributed by atoms with Crippen molar-refractivity contribution >= 4 is 23.5 Å². The number of aromatic amines is 1. The highest BCUT2D eigenvalue weighted by atomic mass is 16.6. The van der Waals surface area contributed by atoms with Crippen LogP contribution in [0.15, 0.2) is 18.2 Å². The van der Waals surface area contributed by atoms with Gasteiger partial charge in [0.2, 0.25) is 0 Å². The summed E-state index contributed by atoms with van der Waals surface area (Å²) < 4.78 is 20.9. The number of benzene rings is 1. The van der Waals surface area contributed by atoms with Crippen molar-refractivity contribution in [2.75, 3.05) is 25.6 Å². The lowest BCUT2D eigenvalue weighted by Gasteiger charge is -2.19. The number of carbonyl (C=O) groups excluding carboxylic acids is 3. The minimum absolute atomic E-state index is 0.0990. The van der Waals surface area contributed by atoms with Crippen molar-refractivity contribution in [1.82, 2.24) is 4.98 Å². The minimum Gasteiger partial charge on any atom is -0.486 e. The summed E-state index contributed by atoms with van der Waals surface area (Å²) in [5, 5.41) is 2.67. The normalized spacial score (nSPS) is 13.4. The van der Waals surface area contributed by atoms with E-state index < -0.39 is 23.9 Å². The molecule has 1 unspecified atom stereocenters. The summed E-state index contributed by atoms with van der Waals surface area (Å²) >= 11 is 0. The molecule has 9 nitrogen and oxygen atoms in total. The average molecular weight is 402 g/mol. The van der Waals surface area contributed by atoms with Gasteiger partial charge in [-0.15, -0.1) is 0 Å². The van der Waals surface area contributed by atoms with E-state index in [1.807, 2.05) is 0 Å². The number of H-pyrrole nitrogens is 1. The van der Waals surface area contributed by atoms with Gasteiger partial charge in [0.25, 0.3) is 5.91 Å². The summed E-state index contributed by atoms with van der Waals surface area (Å²) in [6, 6.07) is 5.00. The molecule has 0 aliphatic carbocycles. The number of ether oxygens (including phenoxy) is 4. The predicted octanol–water partition coefficient (Wildman–Crippen LogP) is 2.37. The van der Waals surface area contributed by atoms with Gasteiger partial charge in [0.1, 0.15) is 18.9 Å². The minimum atomic E-state index is -1.07. The van der Waals surface area contributed by atoms with Gasteiger partial charge in [-0.3, -0.25) is 4.79 Å². The van der Waals surface area contributed by atoms with Gasteiger partial charge < -0.3 is 29.2 Å². The Hall–Kier alpha value is -3.49. The van der Waals surface area contributed by atoms with Crippen LogP contribution in [0.2, 0.25) is 0 Å². The number of aromatic nitrogens is 1. The smallest absolute Gasteiger partial charge is 0.355 e. The Morgan fingerprint density at radius 2 is 1.79 bits per heavy atom. The maximum atomic E-state index is 12.5. The third-order valence-corrected chi connectivity index (χ3v) is 4.49. The number of esters is 2. The second-order valence-corrected chi connectivity index (χ2v) is 6.51. The number of hydrogen-bond acceptors (Lipinski definition) is 7. The Balaban J connectivity index is 1.67. The van der Waals surface area contributed by atoms with Crippen LogP contribution in [0.3, 0.4) is 0 Å².